The van der Waals surface area contributed by atoms with Crippen LogP contribution >= 0.6 is 0 Å². The summed E-state index contributed by atoms with van der Waals surface area (Å²) in [7, 11) is 2.21. The van der Waals surface area contributed by atoms with Crippen LogP contribution in [0.2, 0.25) is 0 Å². The maximum absolute atomic E-state index is 4.74. The lowest BCUT2D eigenvalue weighted by Gasteiger charge is -2.48. The molecule has 0 aromatic carbocycles. The normalized spacial score (nSPS) is 25.8. The van der Waals surface area contributed by atoms with Crippen molar-refractivity contribution < 1.29 is 0 Å². The molecule has 1 aromatic rings. The zero-order valence-corrected chi connectivity index (χ0v) is 12.2. The van der Waals surface area contributed by atoms with Gasteiger partial charge in [-0.05, 0) is 26.0 Å². The smallest absolute Gasteiger partial charge is 0.133 e. The van der Waals surface area contributed by atoms with Gasteiger partial charge in [-0.3, -0.25) is 4.90 Å². The lowest BCUT2D eigenvalue weighted by molar-refractivity contribution is 0.0960. The number of rotatable bonds is 3. The van der Waals surface area contributed by atoms with Crippen LogP contribution in [0.4, 0.5) is 5.82 Å². The first-order valence-corrected chi connectivity index (χ1v) is 7.80. The Morgan fingerprint density at radius 1 is 1.10 bits per heavy atom. The maximum atomic E-state index is 4.74. The summed E-state index contributed by atoms with van der Waals surface area (Å²) in [6.45, 7) is 7.10. The first-order valence-electron chi connectivity index (χ1n) is 7.80. The van der Waals surface area contributed by atoms with E-state index in [1.54, 1.807) is 0 Å². The minimum atomic E-state index is 0.643. The largest absolute Gasteiger partial charge is 0.353 e. The van der Waals surface area contributed by atoms with E-state index in [1.165, 1.54) is 39.0 Å². The Balaban J connectivity index is 1.35. The van der Waals surface area contributed by atoms with Gasteiger partial charge in [0, 0.05) is 57.4 Å². The molecule has 0 bridgehead atoms. The quantitative estimate of drug-likeness (QED) is 0.813. The fourth-order valence-corrected chi connectivity index (χ4v) is 3.14. The van der Waals surface area contributed by atoms with Gasteiger partial charge >= 0.3 is 0 Å². The van der Waals surface area contributed by atoms with Crippen molar-refractivity contribution in [2.24, 2.45) is 0 Å². The van der Waals surface area contributed by atoms with Crippen molar-refractivity contribution >= 4 is 5.82 Å². The van der Waals surface area contributed by atoms with Crippen LogP contribution in [0.3, 0.4) is 0 Å². The van der Waals surface area contributed by atoms with Crippen molar-refractivity contribution in [1.29, 1.82) is 0 Å². The van der Waals surface area contributed by atoms with Crippen LogP contribution in [0.15, 0.2) is 12.3 Å². The third-order valence-corrected chi connectivity index (χ3v) is 4.84. The Hall–Kier alpha value is -1.20. The van der Waals surface area contributed by atoms with Gasteiger partial charge in [-0.1, -0.05) is 0 Å². The number of nitrogens with zero attached hydrogens (tertiary/aromatic N) is 5. The molecule has 0 unspecified atom stereocenters. The molecule has 2 aliphatic heterocycles. The van der Waals surface area contributed by atoms with E-state index < -0.39 is 0 Å². The van der Waals surface area contributed by atoms with Crippen molar-refractivity contribution in [3.05, 3.63) is 18.1 Å². The Bertz CT molecular complexity index is 473. The van der Waals surface area contributed by atoms with E-state index in [0.29, 0.717) is 5.92 Å². The number of likely N-dealkylation sites (N-methyl/N-ethyl adjacent to an activating group) is 1. The SMILES string of the molecule is CN1CCN(C2CN(c3ccnc(C4CC4)n3)C2)CC1. The van der Waals surface area contributed by atoms with Crippen LogP contribution in [-0.4, -0.2) is 72.1 Å². The topological polar surface area (TPSA) is 35.5 Å². The van der Waals surface area contributed by atoms with Gasteiger partial charge in [0.1, 0.15) is 11.6 Å². The van der Waals surface area contributed by atoms with Crippen LogP contribution < -0.4 is 4.90 Å². The zero-order chi connectivity index (χ0) is 13.5. The van der Waals surface area contributed by atoms with Crippen LogP contribution in [0, 0.1) is 0 Å². The summed E-state index contributed by atoms with van der Waals surface area (Å²) in [5.41, 5.74) is 0. The summed E-state index contributed by atoms with van der Waals surface area (Å²) in [5, 5.41) is 0. The Morgan fingerprint density at radius 3 is 2.55 bits per heavy atom. The summed E-state index contributed by atoms with van der Waals surface area (Å²) in [6, 6.07) is 2.79. The van der Waals surface area contributed by atoms with Crippen LogP contribution in [0.25, 0.3) is 0 Å². The van der Waals surface area contributed by atoms with Crippen LogP contribution in [-0.2, 0) is 0 Å². The van der Waals surface area contributed by atoms with Gasteiger partial charge < -0.3 is 9.80 Å². The second kappa shape index (κ2) is 4.97. The first-order chi connectivity index (χ1) is 9.79. The number of hydrogen-bond acceptors (Lipinski definition) is 5. The van der Waals surface area contributed by atoms with E-state index in [1.807, 2.05) is 6.20 Å². The van der Waals surface area contributed by atoms with Crippen molar-refractivity contribution in [1.82, 2.24) is 19.8 Å². The monoisotopic (exact) mass is 273 g/mol. The molecule has 108 valence electrons. The first kappa shape index (κ1) is 12.5. The molecule has 0 atom stereocenters. The number of hydrogen-bond donors (Lipinski definition) is 0. The van der Waals surface area contributed by atoms with E-state index in [0.717, 1.165) is 30.8 Å². The van der Waals surface area contributed by atoms with Gasteiger partial charge in [-0.25, -0.2) is 9.97 Å². The van der Waals surface area contributed by atoms with Gasteiger partial charge in [-0.15, -0.1) is 0 Å². The van der Waals surface area contributed by atoms with E-state index in [4.69, 9.17) is 4.98 Å². The third kappa shape index (κ3) is 2.40. The Kier molecular flexibility index (Phi) is 3.11. The van der Waals surface area contributed by atoms with Crippen molar-refractivity contribution in [2.75, 3.05) is 51.2 Å². The van der Waals surface area contributed by atoms with Gasteiger partial charge in [0.25, 0.3) is 0 Å². The molecule has 5 heteroatoms. The summed E-state index contributed by atoms with van der Waals surface area (Å²) < 4.78 is 0. The Morgan fingerprint density at radius 2 is 1.85 bits per heavy atom. The molecule has 0 amide bonds. The van der Waals surface area contributed by atoms with Gasteiger partial charge in [0.05, 0.1) is 0 Å². The van der Waals surface area contributed by atoms with E-state index >= 15 is 0 Å². The third-order valence-electron chi connectivity index (χ3n) is 4.84. The van der Waals surface area contributed by atoms with E-state index in [2.05, 4.69) is 32.8 Å². The average molecular weight is 273 g/mol. The summed E-state index contributed by atoms with van der Waals surface area (Å²) in [5.74, 6) is 2.84. The predicted octanol–water partition coefficient (Wildman–Crippen LogP) is 0.790. The zero-order valence-electron chi connectivity index (χ0n) is 12.2. The molecule has 0 spiro atoms. The fraction of sp³-hybridized carbons (Fsp3) is 0.733. The van der Waals surface area contributed by atoms with Crippen LogP contribution in [0.1, 0.15) is 24.6 Å². The minimum absolute atomic E-state index is 0.643. The highest BCUT2D eigenvalue weighted by Crippen LogP contribution is 2.38. The van der Waals surface area contributed by atoms with E-state index in [-0.39, 0.29) is 0 Å². The molecule has 3 aliphatic rings. The molecular weight excluding hydrogens is 250 g/mol. The fourth-order valence-electron chi connectivity index (χ4n) is 3.14. The highest BCUT2D eigenvalue weighted by atomic mass is 15.4. The lowest BCUT2D eigenvalue weighted by atomic mass is 10.1. The van der Waals surface area contributed by atoms with E-state index in [9.17, 15) is 0 Å². The van der Waals surface area contributed by atoms with Gasteiger partial charge in [0.2, 0.25) is 0 Å². The highest BCUT2D eigenvalue weighted by Gasteiger charge is 2.34. The van der Waals surface area contributed by atoms with Crippen LogP contribution in [0.5, 0.6) is 0 Å². The van der Waals surface area contributed by atoms with Gasteiger partial charge in [0.15, 0.2) is 0 Å². The maximum Gasteiger partial charge on any atom is 0.133 e. The molecular formula is C15H23N5. The second-order valence-corrected chi connectivity index (χ2v) is 6.45. The van der Waals surface area contributed by atoms with Crippen molar-refractivity contribution in [2.45, 2.75) is 24.8 Å². The molecule has 3 heterocycles. The highest BCUT2D eigenvalue weighted by molar-refractivity contribution is 5.42. The molecule has 0 radical (unpaired) electrons. The molecule has 3 fully saturated rings. The number of piperazine rings is 1. The van der Waals surface area contributed by atoms with Crippen molar-refractivity contribution in [3.8, 4) is 0 Å². The minimum Gasteiger partial charge on any atom is -0.353 e. The lowest BCUT2D eigenvalue weighted by Crippen LogP contribution is -2.63. The predicted molar refractivity (Wildman–Crippen MR) is 79.1 cm³/mol. The molecule has 5 nitrogen and oxygen atoms in total. The summed E-state index contributed by atoms with van der Waals surface area (Å²) in [4.78, 5) is 16.6. The number of anilines is 1. The molecule has 4 rings (SSSR count). The number of aromatic nitrogens is 2. The molecule has 2 saturated heterocycles. The summed E-state index contributed by atoms with van der Waals surface area (Å²) >= 11 is 0. The second-order valence-electron chi connectivity index (χ2n) is 6.45. The molecule has 0 N–H and O–H groups in total. The Labute approximate surface area is 120 Å². The molecule has 1 aliphatic carbocycles. The van der Waals surface area contributed by atoms with Gasteiger partial charge in [-0.2, -0.15) is 0 Å². The summed E-state index contributed by atoms with van der Waals surface area (Å²) in [6.07, 6.45) is 4.47. The molecule has 1 aromatic heterocycles. The van der Waals surface area contributed by atoms with Crippen molar-refractivity contribution in [3.63, 3.8) is 0 Å². The molecule has 1 saturated carbocycles. The molecule has 20 heavy (non-hydrogen) atoms. The standard InChI is InChI=1S/C15H23N5/c1-18-6-8-19(9-7-18)13-10-20(11-13)14-4-5-16-15(17-14)12-2-3-12/h4-5,12-13H,2-3,6-11H2,1H3. The average Bonchev–Trinajstić information content (AvgIpc) is 3.24.